The lowest BCUT2D eigenvalue weighted by Crippen LogP contribution is -2.34. The second-order valence-electron chi connectivity index (χ2n) is 6.08. The number of methoxy groups -OCH3 is 2. The third-order valence-electron chi connectivity index (χ3n) is 4.06. The van der Waals surface area contributed by atoms with Gasteiger partial charge in [0.15, 0.2) is 16.6 Å². The van der Waals surface area contributed by atoms with Gasteiger partial charge in [0.1, 0.15) is 11.5 Å². The number of amides is 1. The van der Waals surface area contributed by atoms with Gasteiger partial charge in [-0.3, -0.25) is 10.1 Å². The first-order chi connectivity index (χ1) is 15.0. The van der Waals surface area contributed by atoms with Crippen LogP contribution in [-0.2, 0) is 0 Å². The van der Waals surface area contributed by atoms with E-state index in [1.807, 2.05) is 20.8 Å². The summed E-state index contributed by atoms with van der Waals surface area (Å²) in [6.07, 6.45) is 0. The standard InChI is InChI=1S/C22H28N2O6S/c1-6-28-18-11-14(12-19(29-7-2)20(18)30-8-3)21(25)24-22(31)23-16-10-9-15(26-4)13-17(16)27-5/h9-13H,6-8H2,1-5H3,(H2,23,24,25,31). The van der Waals surface area contributed by atoms with Crippen molar-refractivity contribution in [3.63, 3.8) is 0 Å². The molecule has 0 aliphatic rings. The summed E-state index contributed by atoms with van der Waals surface area (Å²) in [7, 11) is 3.10. The smallest absolute Gasteiger partial charge is 0.257 e. The fraction of sp³-hybridized carbons (Fsp3) is 0.364. The molecular formula is C22H28N2O6S. The van der Waals surface area contributed by atoms with Gasteiger partial charge in [0, 0.05) is 11.6 Å². The maximum atomic E-state index is 12.8. The van der Waals surface area contributed by atoms with Gasteiger partial charge in [-0.1, -0.05) is 0 Å². The molecule has 0 saturated heterocycles. The highest BCUT2D eigenvalue weighted by Gasteiger charge is 2.19. The number of nitrogens with one attached hydrogen (secondary N) is 2. The number of hydrogen-bond acceptors (Lipinski definition) is 7. The van der Waals surface area contributed by atoms with E-state index in [0.29, 0.717) is 59.8 Å². The average Bonchev–Trinajstić information content (AvgIpc) is 2.76. The van der Waals surface area contributed by atoms with Crippen LogP contribution in [0.1, 0.15) is 31.1 Å². The minimum Gasteiger partial charge on any atom is -0.497 e. The summed E-state index contributed by atoms with van der Waals surface area (Å²) in [6, 6.07) is 8.41. The Morgan fingerprint density at radius 3 is 2.00 bits per heavy atom. The molecule has 0 aliphatic heterocycles. The van der Waals surface area contributed by atoms with E-state index >= 15 is 0 Å². The van der Waals surface area contributed by atoms with Gasteiger partial charge >= 0.3 is 0 Å². The molecule has 0 radical (unpaired) electrons. The Morgan fingerprint density at radius 1 is 0.871 bits per heavy atom. The van der Waals surface area contributed by atoms with Crippen LogP contribution >= 0.6 is 12.2 Å². The summed E-state index contributed by atoms with van der Waals surface area (Å²) in [4.78, 5) is 12.8. The zero-order valence-electron chi connectivity index (χ0n) is 18.4. The van der Waals surface area contributed by atoms with Crippen molar-refractivity contribution in [2.45, 2.75) is 20.8 Å². The largest absolute Gasteiger partial charge is 0.497 e. The van der Waals surface area contributed by atoms with Crippen LogP contribution in [0.25, 0.3) is 0 Å². The summed E-state index contributed by atoms with van der Waals surface area (Å²) in [5.41, 5.74) is 0.909. The number of anilines is 1. The highest BCUT2D eigenvalue weighted by atomic mass is 32.1. The summed E-state index contributed by atoms with van der Waals surface area (Å²) in [5.74, 6) is 2.06. The van der Waals surface area contributed by atoms with Crippen molar-refractivity contribution in [2.24, 2.45) is 0 Å². The van der Waals surface area contributed by atoms with Crippen molar-refractivity contribution < 1.29 is 28.5 Å². The zero-order chi connectivity index (χ0) is 22.8. The number of thiocarbonyl (C=S) groups is 1. The van der Waals surface area contributed by atoms with Gasteiger partial charge in [0.25, 0.3) is 5.91 Å². The lowest BCUT2D eigenvalue weighted by molar-refractivity contribution is 0.0976. The van der Waals surface area contributed by atoms with Crippen LogP contribution < -0.4 is 34.3 Å². The van der Waals surface area contributed by atoms with Gasteiger partial charge in [-0.2, -0.15) is 0 Å². The predicted molar refractivity (Wildman–Crippen MR) is 123 cm³/mol. The van der Waals surface area contributed by atoms with Crippen LogP contribution in [0.4, 0.5) is 5.69 Å². The molecule has 2 aromatic rings. The van der Waals surface area contributed by atoms with Gasteiger partial charge < -0.3 is 29.0 Å². The lowest BCUT2D eigenvalue weighted by Gasteiger charge is -2.17. The van der Waals surface area contributed by atoms with E-state index in [9.17, 15) is 4.79 Å². The molecule has 0 aliphatic carbocycles. The minimum atomic E-state index is -0.421. The van der Waals surface area contributed by atoms with Crippen LogP contribution in [0.15, 0.2) is 30.3 Å². The lowest BCUT2D eigenvalue weighted by atomic mass is 10.1. The number of rotatable bonds is 10. The molecule has 2 aromatic carbocycles. The van der Waals surface area contributed by atoms with Crippen LogP contribution in [0.2, 0.25) is 0 Å². The van der Waals surface area contributed by atoms with Crippen LogP contribution in [-0.4, -0.2) is 45.1 Å². The fourth-order valence-corrected chi connectivity index (χ4v) is 2.95. The third kappa shape index (κ3) is 6.39. The first kappa shape index (κ1) is 24.1. The molecule has 0 saturated carbocycles. The summed E-state index contributed by atoms with van der Waals surface area (Å²) < 4.78 is 27.5. The molecular weight excluding hydrogens is 420 g/mol. The molecule has 2 rings (SSSR count). The Hall–Kier alpha value is -3.20. The number of ether oxygens (including phenoxy) is 5. The van der Waals surface area contributed by atoms with Gasteiger partial charge in [-0.25, -0.2) is 0 Å². The first-order valence-corrected chi connectivity index (χ1v) is 10.3. The summed E-state index contributed by atoms with van der Waals surface area (Å²) in [6.45, 7) is 6.82. The normalized spacial score (nSPS) is 10.1. The molecule has 1 amide bonds. The number of benzene rings is 2. The SMILES string of the molecule is CCOc1cc(C(=O)NC(=S)Nc2ccc(OC)cc2OC)cc(OCC)c1OCC. The molecule has 0 aromatic heterocycles. The van der Waals surface area contributed by atoms with E-state index in [0.717, 1.165) is 0 Å². The molecule has 0 bridgehead atoms. The number of carbonyl (C=O) groups is 1. The Bertz CT molecular complexity index is 892. The molecule has 31 heavy (non-hydrogen) atoms. The molecule has 0 unspecified atom stereocenters. The second kappa shape index (κ2) is 11.8. The van der Waals surface area contributed by atoms with Gasteiger partial charge in [-0.05, 0) is 57.3 Å². The summed E-state index contributed by atoms with van der Waals surface area (Å²) in [5, 5.41) is 5.72. The van der Waals surface area contributed by atoms with E-state index in [-0.39, 0.29) is 5.11 Å². The highest BCUT2D eigenvalue weighted by molar-refractivity contribution is 7.80. The van der Waals surface area contributed by atoms with Crippen LogP contribution in [0.5, 0.6) is 28.7 Å². The van der Waals surface area contributed by atoms with E-state index in [2.05, 4.69) is 10.6 Å². The second-order valence-corrected chi connectivity index (χ2v) is 6.48. The van der Waals surface area contributed by atoms with E-state index < -0.39 is 5.91 Å². The van der Waals surface area contributed by atoms with Gasteiger partial charge in [0.2, 0.25) is 5.75 Å². The molecule has 8 nitrogen and oxygen atoms in total. The Kier molecular flexibility index (Phi) is 9.20. The molecule has 0 fully saturated rings. The fourth-order valence-electron chi connectivity index (χ4n) is 2.75. The van der Waals surface area contributed by atoms with Crippen molar-refractivity contribution in [3.05, 3.63) is 35.9 Å². The van der Waals surface area contributed by atoms with Crippen molar-refractivity contribution in [2.75, 3.05) is 39.4 Å². The Morgan fingerprint density at radius 2 is 1.48 bits per heavy atom. The van der Waals surface area contributed by atoms with Crippen molar-refractivity contribution in [1.82, 2.24) is 5.32 Å². The van der Waals surface area contributed by atoms with Gasteiger partial charge in [0.05, 0.1) is 39.7 Å². The van der Waals surface area contributed by atoms with Crippen molar-refractivity contribution in [1.29, 1.82) is 0 Å². The van der Waals surface area contributed by atoms with E-state index in [1.165, 1.54) is 7.11 Å². The number of carbonyl (C=O) groups excluding carboxylic acids is 1. The van der Waals surface area contributed by atoms with Crippen molar-refractivity contribution in [3.8, 4) is 28.7 Å². The predicted octanol–water partition coefficient (Wildman–Crippen LogP) is 4.03. The number of hydrogen-bond donors (Lipinski definition) is 2. The van der Waals surface area contributed by atoms with E-state index in [1.54, 1.807) is 37.4 Å². The molecule has 0 atom stereocenters. The maximum absolute atomic E-state index is 12.8. The van der Waals surface area contributed by atoms with Gasteiger partial charge in [-0.15, -0.1) is 0 Å². The first-order valence-electron chi connectivity index (χ1n) is 9.88. The maximum Gasteiger partial charge on any atom is 0.257 e. The zero-order valence-corrected chi connectivity index (χ0v) is 19.2. The quantitative estimate of drug-likeness (QED) is 0.527. The molecule has 2 N–H and O–H groups in total. The molecule has 0 heterocycles. The topological polar surface area (TPSA) is 87.3 Å². The monoisotopic (exact) mass is 448 g/mol. The summed E-state index contributed by atoms with van der Waals surface area (Å²) >= 11 is 5.30. The molecule has 9 heteroatoms. The van der Waals surface area contributed by atoms with Crippen molar-refractivity contribution >= 4 is 28.9 Å². The average molecular weight is 449 g/mol. The Balaban J connectivity index is 2.23. The molecule has 0 spiro atoms. The highest BCUT2D eigenvalue weighted by Crippen LogP contribution is 2.39. The van der Waals surface area contributed by atoms with Crippen LogP contribution in [0, 0.1) is 0 Å². The molecule has 168 valence electrons. The van der Waals surface area contributed by atoms with E-state index in [4.69, 9.17) is 35.9 Å². The minimum absolute atomic E-state index is 0.110. The Labute approximate surface area is 187 Å². The van der Waals surface area contributed by atoms with Crippen LogP contribution in [0.3, 0.4) is 0 Å². The third-order valence-corrected chi connectivity index (χ3v) is 4.26.